The Labute approximate surface area is 184 Å². The summed E-state index contributed by atoms with van der Waals surface area (Å²) in [7, 11) is 2.08. The number of benzene rings is 2. The maximum absolute atomic E-state index is 12.8. The second-order valence-corrected chi connectivity index (χ2v) is 8.34. The summed E-state index contributed by atoms with van der Waals surface area (Å²) in [5.74, 6) is -0.851. The fourth-order valence-electron chi connectivity index (χ4n) is 3.56. The van der Waals surface area contributed by atoms with Crippen LogP contribution in [-0.2, 0) is 13.1 Å². The molecule has 6 heteroatoms. The number of amides is 3. The summed E-state index contributed by atoms with van der Waals surface area (Å²) in [5.41, 5.74) is 3.29. The number of imide groups is 1. The van der Waals surface area contributed by atoms with Crippen molar-refractivity contribution in [1.82, 2.24) is 15.1 Å². The third kappa shape index (κ3) is 5.02. The van der Waals surface area contributed by atoms with Gasteiger partial charge < -0.3 is 5.32 Å². The number of fused-ring (bicyclic) bond motifs is 1. The highest BCUT2D eigenvalue weighted by atomic mass is 16.2. The Bertz CT molecular complexity index is 984. The van der Waals surface area contributed by atoms with Gasteiger partial charge in [0.25, 0.3) is 17.7 Å². The molecule has 0 bridgehead atoms. The fourth-order valence-corrected chi connectivity index (χ4v) is 3.56. The minimum atomic E-state index is -0.315. The van der Waals surface area contributed by atoms with Gasteiger partial charge in [-0.05, 0) is 56.6 Å². The molecule has 0 spiro atoms. The van der Waals surface area contributed by atoms with E-state index in [9.17, 15) is 14.4 Å². The summed E-state index contributed by atoms with van der Waals surface area (Å²) in [4.78, 5) is 41.4. The van der Waals surface area contributed by atoms with Crippen LogP contribution in [0.25, 0.3) is 0 Å². The van der Waals surface area contributed by atoms with E-state index in [0.29, 0.717) is 35.8 Å². The molecule has 1 heterocycles. The second kappa shape index (κ2) is 9.88. The Morgan fingerprint density at radius 1 is 1.03 bits per heavy atom. The lowest BCUT2D eigenvalue weighted by Crippen LogP contribution is -2.30. The first-order valence-corrected chi connectivity index (χ1v) is 10.9. The molecule has 3 amide bonds. The summed E-state index contributed by atoms with van der Waals surface area (Å²) < 4.78 is 0. The molecule has 0 unspecified atom stereocenters. The van der Waals surface area contributed by atoms with E-state index in [1.54, 1.807) is 12.1 Å². The lowest BCUT2D eigenvalue weighted by molar-refractivity contribution is 0.0652. The number of carbonyl (C=O) groups is 3. The average Bonchev–Trinajstić information content (AvgIpc) is 3.00. The first kappa shape index (κ1) is 22.7. The predicted octanol–water partition coefficient (Wildman–Crippen LogP) is 3.85. The molecule has 1 aliphatic heterocycles. The summed E-state index contributed by atoms with van der Waals surface area (Å²) in [5, 5.41) is 2.95. The highest BCUT2D eigenvalue weighted by molar-refractivity contribution is 6.22. The minimum absolute atomic E-state index is 0.262. The van der Waals surface area contributed by atoms with Crippen LogP contribution in [0.15, 0.2) is 42.5 Å². The van der Waals surface area contributed by atoms with Gasteiger partial charge in [0, 0.05) is 31.2 Å². The molecule has 1 aliphatic rings. The van der Waals surface area contributed by atoms with Crippen LogP contribution in [0, 0.1) is 0 Å². The van der Waals surface area contributed by atoms with Gasteiger partial charge in [-0.3, -0.25) is 24.2 Å². The molecule has 6 nitrogen and oxygen atoms in total. The van der Waals surface area contributed by atoms with Crippen LogP contribution >= 0.6 is 0 Å². The van der Waals surface area contributed by atoms with Crippen LogP contribution in [0.2, 0.25) is 0 Å². The zero-order chi connectivity index (χ0) is 22.5. The molecule has 31 heavy (non-hydrogen) atoms. The van der Waals surface area contributed by atoms with Gasteiger partial charge in [0.2, 0.25) is 0 Å². The van der Waals surface area contributed by atoms with Crippen molar-refractivity contribution in [3.05, 3.63) is 70.3 Å². The molecule has 0 aromatic heterocycles. The number of nitrogens with one attached hydrogen (secondary N) is 1. The fraction of sp³-hybridized carbons (Fsp3) is 0.400. The van der Waals surface area contributed by atoms with Gasteiger partial charge in [-0.1, -0.05) is 37.6 Å². The molecule has 0 fully saturated rings. The molecule has 0 radical (unpaired) electrons. The molecule has 0 saturated heterocycles. The van der Waals surface area contributed by atoms with Crippen LogP contribution in [0.3, 0.4) is 0 Å². The smallest absolute Gasteiger partial charge is 0.261 e. The van der Waals surface area contributed by atoms with Crippen molar-refractivity contribution in [3.63, 3.8) is 0 Å². The van der Waals surface area contributed by atoms with Crippen LogP contribution < -0.4 is 5.32 Å². The first-order chi connectivity index (χ1) is 14.8. The quantitative estimate of drug-likeness (QED) is 0.625. The van der Waals surface area contributed by atoms with Crippen molar-refractivity contribution in [1.29, 1.82) is 0 Å². The highest BCUT2D eigenvalue weighted by Gasteiger charge is 2.35. The molecule has 2 aromatic rings. The lowest BCUT2D eigenvalue weighted by Gasteiger charge is -2.22. The van der Waals surface area contributed by atoms with Crippen molar-refractivity contribution in [3.8, 4) is 0 Å². The van der Waals surface area contributed by atoms with Gasteiger partial charge in [-0.15, -0.1) is 0 Å². The Hall–Kier alpha value is -2.99. The number of hydrogen-bond donors (Lipinski definition) is 1. The van der Waals surface area contributed by atoms with E-state index >= 15 is 0 Å². The van der Waals surface area contributed by atoms with Crippen molar-refractivity contribution in [2.24, 2.45) is 0 Å². The molecular weight excluding hydrogens is 390 g/mol. The topological polar surface area (TPSA) is 69.7 Å². The van der Waals surface area contributed by atoms with E-state index in [0.717, 1.165) is 24.9 Å². The van der Waals surface area contributed by atoms with Gasteiger partial charge in [0.1, 0.15) is 0 Å². The van der Waals surface area contributed by atoms with Crippen molar-refractivity contribution in [2.45, 2.75) is 52.7 Å². The third-order valence-electron chi connectivity index (χ3n) is 5.83. The van der Waals surface area contributed by atoms with Gasteiger partial charge in [-0.25, -0.2) is 0 Å². The van der Waals surface area contributed by atoms with Crippen molar-refractivity contribution < 1.29 is 14.4 Å². The molecule has 164 valence electrons. The Balaban J connectivity index is 1.71. The van der Waals surface area contributed by atoms with Crippen LogP contribution in [0.1, 0.15) is 75.8 Å². The zero-order valence-corrected chi connectivity index (χ0v) is 18.8. The number of nitrogens with zero attached hydrogens (tertiary/aromatic N) is 2. The summed E-state index contributed by atoms with van der Waals surface area (Å²) >= 11 is 0. The van der Waals surface area contributed by atoms with Gasteiger partial charge in [0.05, 0.1) is 11.1 Å². The average molecular weight is 422 g/mol. The lowest BCUT2D eigenvalue weighted by atomic mass is 10.0. The minimum Gasteiger partial charge on any atom is -0.348 e. The number of carbonyl (C=O) groups excluding carboxylic acids is 3. The van der Waals surface area contributed by atoms with Gasteiger partial charge in [0.15, 0.2) is 0 Å². The third-order valence-corrected chi connectivity index (χ3v) is 5.83. The largest absolute Gasteiger partial charge is 0.348 e. The molecule has 0 saturated carbocycles. The van der Waals surface area contributed by atoms with Gasteiger partial charge in [-0.2, -0.15) is 0 Å². The summed E-state index contributed by atoms with van der Waals surface area (Å²) in [6.07, 6.45) is 1.67. The summed E-state index contributed by atoms with van der Waals surface area (Å²) in [6, 6.07) is 13.2. The molecule has 2 aromatic carbocycles. The second-order valence-electron chi connectivity index (χ2n) is 8.34. The normalized spacial score (nSPS) is 13.3. The molecule has 1 N–H and O–H groups in total. The standard InChI is InChI=1S/C25H31N3O3/c1-5-6-13-28-24(30)21-12-11-18(14-22(21)25(28)31)23(29)26-15-19-9-7-8-10-20(19)16-27(4)17(2)3/h7-12,14,17H,5-6,13,15-16H2,1-4H3,(H,26,29). The Morgan fingerprint density at radius 2 is 1.71 bits per heavy atom. The maximum Gasteiger partial charge on any atom is 0.261 e. The Kier molecular flexibility index (Phi) is 7.23. The van der Waals surface area contributed by atoms with Crippen molar-refractivity contribution in [2.75, 3.05) is 13.6 Å². The first-order valence-electron chi connectivity index (χ1n) is 10.9. The highest BCUT2D eigenvalue weighted by Crippen LogP contribution is 2.24. The molecule has 3 rings (SSSR count). The molecule has 0 aliphatic carbocycles. The zero-order valence-electron chi connectivity index (χ0n) is 18.8. The SMILES string of the molecule is CCCCN1C(=O)c2ccc(C(=O)NCc3ccccc3CN(C)C(C)C)cc2C1=O. The number of unbranched alkanes of at least 4 members (excludes halogenated alkanes) is 1. The van der Waals surface area contributed by atoms with E-state index in [1.807, 2.05) is 25.1 Å². The van der Waals surface area contributed by atoms with E-state index in [4.69, 9.17) is 0 Å². The summed E-state index contributed by atoms with van der Waals surface area (Å²) in [6.45, 7) is 7.91. The van der Waals surface area contributed by atoms with E-state index in [1.165, 1.54) is 16.5 Å². The molecule has 0 atom stereocenters. The van der Waals surface area contributed by atoms with E-state index in [2.05, 4.69) is 37.2 Å². The van der Waals surface area contributed by atoms with E-state index < -0.39 is 0 Å². The van der Waals surface area contributed by atoms with E-state index in [-0.39, 0.29) is 17.7 Å². The number of hydrogen-bond acceptors (Lipinski definition) is 4. The van der Waals surface area contributed by atoms with Gasteiger partial charge >= 0.3 is 0 Å². The van der Waals surface area contributed by atoms with Crippen LogP contribution in [0.4, 0.5) is 0 Å². The van der Waals surface area contributed by atoms with Crippen LogP contribution in [-0.4, -0.2) is 47.2 Å². The Morgan fingerprint density at radius 3 is 2.39 bits per heavy atom. The predicted molar refractivity (Wildman–Crippen MR) is 121 cm³/mol. The monoisotopic (exact) mass is 421 g/mol. The van der Waals surface area contributed by atoms with Crippen molar-refractivity contribution >= 4 is 17.7 Å². The molecular formula is C25H31N3O3. The maximum atomic E-state index is 12.8. The van der Waals surface area contributed by atoms with Crippen LogP contribution in [0.5, 0.6) is 0 Å². The number of rotatable bonds is 9.